The van der Waals surface area contributed by atoms with Crippen molar-refractivity contribution >= 4 is 35.8 Å². The molecule has 2 rings (SSSR count). The number of carbonyl (C=O) groups excluding carboxylic acids is 1. The van der Waals surface area contributed by atoms with E-state index < -0.39 is 0 Å². The maximum Gasteiger partial charge on any atom is 0.222 e. The third kappa shape index (κ3) is 5.64. The summed E-state index contributed by atoms with van der Waals surface area (Å²) in [6.45, 7) is 8.13. The maximum absolute atomic E-state index is 11.7. The molecular formula is C16H28IN5O2. The number of rotatable bonds is 5. The van der Waals surface area contributed by atoms with E-state index in [9.17, 15) is 4.79 Å². The van der Waals surface area contributed by atoms with Crippen molar-refractivity contribution in [1.29, 1.82) is 0 Å². The van der Waals surface area contributed by atoms with Crippen LogP contribution < -0.4 is 10.6 Å². The van der Waals surface area contributed by atoms with Crippen molar-refractivity contribution in [1.82, 2.24) is 20.7 Å². The van der Waals surface area contributed by atoms with Gasteiger partial charge >= 0.3 is 0 Å². The number of halogens is 1. The van der Waals surface area contributed by atoms with Crippen molar-refractivity contribution in [3.63, 3.8) is 0 Å². The summed E-state index contributed by atoms with van der Waals surface area (Å²) in [4.78, 5) is 17.8. The number of likely N-dealkylation sites (tertiary alicyclic amines) is 1. The lowest BCUT2D eigenvalue weighted by Crippen LogP contribution is -2.44. The van der Waals surface area contributed by atoms with Crippen molar-refractivity contribution in [3.8, 4) is 0 Å². The summed E-state index contributed by atoms with van der Waals surface area (Å²) in [6.07, 6.45) is 1.50. The monoisotopic (exact) mass is 449 g/mol. The Kier molecular flexibility index (Phi) is 8.51. The van der Waals surface area contributed by atoms with Crippen molar-refractivity contribution in [2.45, 2.75) is 52.1 Å². The molecule has 7 nitrogen and oxygen atoms in total. The van der Waals surface area contributed by atoms with Crippen LogP contribution in [0.4, 0.5) is 0 Å². The van der Waals surface area contributed by atoms with E-state index in [1.54, 1.807) is 7.05 Å². The molecule has 1 aliphatic rings. The topological polar surface area (TPSA) is 82.8 Å². The standard InChI is InChI=1S/C16H27N5O2.HI/c1-5-15(22)21-7-6-12(10-21)19-16(17-4)18-9-13-8-14(11(2)3)20-23-13;/h8,11-12H,5-7,9-10H2,1-4H3,(H2,17,18,19);1H. The highest BCUT2D eigenvalue weighted by Crippen LogP contribution is 2.14. The Labute approximate surface area is 160 Å². The zero-order chi connectivity index (χ0) is 16.8. The number of guanidine groups is 1. The largest absolute Gasteiger partial charge is 0.359 e. The summed E-state index contributed by atoms with van der Waals surface area (Å²) in [5, 5.41) is 10.6. The third-order valence-electron chi connectivity index (χ3n) is 4.01. The highest BCUT2D eigenvalue weighted by Gasteiger charge is 2.25. The Morgan fingerprint density at radius 1 is 1.54 bits per heavy atom. The molecule has 1 saturated heterocycles. The minimum atomic E-state index is 0. The molecule has 1 unspecified atom stereocenters. The van der Waals surface area contributed by atoms with E-state index in [1.807, 2.05) is 17.9 Å². The van der Waals surface area contributed by atoms with Gasteiger partial charge in [-0.05, 0) is 12.3 Å². The lowest BCUT2D eigenvalue weighted by Gasteiger charge is -2.18. The van der Waals surface area contributed by atoms with Crippen LogP contribution in [-0.4, -0.2) is 48.1 Å². The van der Waals surface area contributed by atoms with E-state index in [0.717, 1.165) is 31.0 Å². The van der Waals surface area contributed by atoms with Gasteiger partial charge in [0.25, 0.3) is 0 Å². The van der Waals surface area contributed by atoms with E-state index >= 15 is 0 Å². The Morgan fingerprint density at radius 2 is 2.29 bits per heavy atom. The molecule has 0 spiro atoms. The summed E-state index contributed by atoms with van der Waals surface area (Å²) < 4.78 is 5.31. The first-order chi connectivity index (χ1) is 11.0. The molecule has 1 amide bonds. The Bertz CT molecular complexity index is 558. The third-order valence-corrected chi connectivity index (χ3v) is 4.01. The van der Waals surface area contributed by atoms with E-state index in [1.165, 1.54) is 0 Å². The predicted octanol–water partition coefficient (Wildman–Crippen LogP) is 2.09. The molecule has 1 aromatic heterocycles. The fourth-order valence-corrected chi connectivity index (χ4v) is 2.57. The van der Waals surface area contributed by atoms with Crippen molar-refractivity contribution in [2.75, 3.05) is 20.1 Å². The van der Waals surface area contributed by atoms with Crippen LogP contribution in [0.2, 0.25) is 0 Å². The minimum Gasteiger partial charge on any atom is -0.359 e. The molecule has 0 radical (unpaired) electrons. The lowest BCUT2D eigenvalue weighted by atomic mass is 10.1. The summed E-state index contributed by atoms with van der Waals surface area (Å²) >= 11 is 0. The molecule has 0 aromatic carbocycles. The Hall–Kier alpha value is -1.32. The lowest BCUT2D eigenvalue weighted by molar-refractivity contribution is -0.129. The Balaban J connectivity index is 0.00000288. The molecule has 1 atom stereocenters. The number of hydrogen-bond donors (Lipinski definition) is 2. The first-order valence-electron chi connectivity index (χ1n) is 8.23. The molecule has 0 bridgehead atoms. The molecule has 0 saturated carbocycles. The predicted molar refractivity (Wildman–Crippen MR) is 105 cm³/mol. The van der Waals surface area contributed by atoms with Crippen molar-refractivity contribution in [2.24, 2.45) is 4.99 Å². The number of carbonyl (C=O) groups is 1. The smallest absolute Gasteiger partial charge is 0.222 e. The minimum absolute atomic E-state index is 0. The zero-order valence-electron chi connectivity index (χ0n) is 14.8. The van der Waals surface area contributed by atoms with Gasteiger partial charge in [-0.15, -0.1) is 24.0 Å². The van der Waals surface area contributed by atoms with Gasteiger partial charge in [0, 0.05) is 38.7 Å². The molecule has 24 heavy (non-hydrogen) atoms. The van der Waals surface area contributed by atoms with Gasteiger partial charge in [-0.2, -0.15) is 0 Å². The molecular weight excluding hydrogens is 421 g/mol. The van der Waals surface area contributed by atoms with Crippen LogP contribution in [0.25, 0.3) is 0 Å². The highest BCUT2D eigenvalue weighted by molar-refractivity contribution is 14.0. The summed E-state index contributed by atoms with van der Waals surface area (Å²) in [5.74, 6) is 2.06. The number of nitrogens with zero attached hydrogens (tertiary/aromatic N) is 3. The molecule has 2 N–H and O–H groups in total. The maximum atomic E-state index is 11.7. The van der Waals surface area contributed by atoms with E-state index in [-0.39, 0.29) is 35.9 Å². The van der Waals surface area contributed by atoms with Gasteiger partial charge in [-0.1, -0.05) is 25.9 Å². The average molecular weight is 449 g/mol. The molecule has 1 aromatic rings. The van der Waals surface area contributed by atoms with Gasteiger partial charge in [0.2, 0.25) is 5.91 Å². The van der Waals surface area contributed by atoms with Crippen LogP contribution in [0.15, 0.2) is 15.6 Å². The SMILES string of the molecule is CCC(=O)N1CCC(NC(=NC)NCc2cc(C(C)C)no2)C1.I. The van der Waals surface area contributed by atoms with Crippen molar-refractivity contribution in [3.05, 3.63) is 17.5 Å². The van der Waals surface area contributed by atoms with E-state index in [2.05, 4.69) is 34.6 Å². The second kappa shape index (κ2) is 9.85. The summed E-state index contributed by atoms with van der Waals surface area (Å²) in [5.41, 5.74) is 0.953. The molecule has 1 aliphatic heterocycles. The molecule has 2 heterocycles. The quantitative estimate of drug-likeness (QED) is 0.409. The van der Waals surface area contributed by atoms with Gasteiger partial charge in [0.05, 0.1) is 12.2 Å². The van der Waals surface area contributed by atoms with Gasteiger partial charge < -0.3 is 20.1 Å². The molecule has 136 valence electrons. The first-order valence-corrected chi connectivity index (χ1v) is 8.23. The number of aromatic nitrogens is 1. The second-order valence-corrected chi connectivity index (χ2v) is 6.12. The van der Waals surface area contributed by atoms with Crippen LogP contribution in [-0.2, 0) is 11.3 Å². The highest BCUT2D eigenvalue weighted by atomic mass is 127. The van der Waals surface area contributed by atoms with Gasteiger partial charge in [-0.25, -0.2) is 0 Å². The van der Waals surface area contributed by atoms with E-state index in [0.29, 0.717) is 24.8 Å². The number of hydrogen-bond acceptors (Lipinski definition) is 4. The van der Waals surface area contributed by atoms with Crippen LogP contribution in [0.1, 0.15) is 51.0 Å². The zero-order valence-corrected chi connectivity index (χ0v) is 17.2. The van der Waals surface area contributed by atoms with Crippen LogP contribution in [0.3, 0.4) is 0 Å². The molecule has 1 fully saturated rings. The second-order valence-electron chi connectivity index (χ2n) is 6.12. The van der Waals surface area contributed by atoms with E-state index in [4.69, 9.17) is 4.52 Å². The summed E-state index contributed by atoms with van der Waals surface area (Å²) in [7, 11) is 1.74. The van der Waals surface area contributed by atoms with Crippen molar-refractivity contribution < 1.29 is 9.32 Å². The van der Waals surface area contributed by atoms with Crippen LogP contribution in [0.5, 0.6) is 0 Å². The van der Waals surface area contributed by atoms with Crippen LogP contribution in [0, 0.1) is 0 Å². The number of amides is 1. The molecule has 8 heteroatoms. The van der Waals surface area contributed by atoms with Crippen LogP contribution >= 0.6 is 24.0 Å². The van der Waals surface area contributed by atoms with Gasteiger partial charge in [0.1, 0.15) is 0 Å². The average Bonchev–Trinajstić information content (AvgIpc) is 3.19. The first kappa shape index (κ1) is 20.7. The fraction of sp³-hybridized carbons (Fsp3) is 0.688. The van der Waals surface area contributed by atoms with Gasteiger partial charge in [0.15, 0.2) is 11.7 Å². The van der Waals surface area contributed by atoms with Gasteiger partial charge in [-0.3, -0.25) is 9.79 Å². The fourth-order valence-electron chi connectivity index (χ4n) is 2.57. The molecule has 0 aliphatic carbocycles. The Morgan fingerprint density at radius 3 is 2.88 bits per heavy atom. The normalized spacial score (nSPS) is 17.8. The number of aliphatic imine (C=N–C) groups is 1. The number of nitrogens with one attached hydrogen (secondary N) is 2. The summed E-state index contributed by atoms with van der Waals surface area (Å²) in [6, 6.07) is 2.19.